The largest absolute Gasteiger partial charge is 0.332 e. The first-order valence-electron chi connectivity index (χ1n) is 7.89. The molecule has 1 aliphatic rings. The number of nitrogens with zero attached hydrogens (tertiary/aromatic N) is 5. The number of rotatable bonds is 5. The average Bonchev–Trinajstić information content (AvgIpc) is 3.33. The lowest BCUT2D eigenvalue weighted by molar-refractivity contribution is -0.134. The molecule has 6 nitrogen and oxygen atoms in total. The molecule has 24 heavy (non-hydrogen) atoms. The average molecular weight is 339 g/mol. The third-order valence-electron chi connectivity index (χ3n) is 4.39. The fourth-order valence-corrected chi connectivity index (χ4v) is 3.93. The summed E-state index contributed by atoms with van der Waals surface area (Å²) >= 11 is 1.68. The van der Waals surface area contributed by atoms with E-state index in [4.69, 9.17) is 0 Å². The number of carbonyl (C=O) groups excluding carboxylic acids is 1. The number of thiophene rings is 1. The molecule has 0 saturated carbocycles. The maximum atomic E-state index is 12.9. The Morgan fingerprint density at radius 2 is 2.00 bits per heavy atom. The van der Waals surface area contributed by atoms with E-state index in [0.29, 0.717) is 6.54 Å². The van der Waals surface area contributed by atoms with Gasteiger partial charge in [-0.25, -0.2) is 4.68 Å². The van der Waals surface area contributed by atoms with Gasteiger partial charge >= 0.3 is 0 Å². The Kier molecular flexibility index (Phi) is 4.08. The highest BCUT2D eigenvalue weighted by molar-refractivity contribution is 7.09. The zero-order valence-electron chi connectivity index (χ0n) is 13.1. The quantitative estimate of drug-likeness (QED) is 0.712. The summed E-state index contributed by atoms with van der Waals surface area (Å²) in [4.78, 5) is 16.1. The van der Waals surface area contributed by atoms with Gasteiger partial charge in [0.15, 0.2) is 0 Å². The second kappa shape index (κ2) is 6.52. The van der Waals surface area contributed by atoms with Gasteiger partial charge in [0.05, 0.1) is 6.54 Å². The topological polar surface area (TPSA) is 63.9 Å². The van der Waals surface area contributed by atoms with Crippen LogP contribution in [0.4, 0.5) is 0 Å². The standard InChI is InChI=1S/C17H17N5OS/c23-17(11-21-12-18-19-20-21)22(10-16-6-3-7-24-16)15-8-13-4-1-2-5-14(13)9-15/h1-7,12,15H,8-11H2. The summed E-state index contributed by atoms with van der Waals surface area (Å²) in [6.07, 6.45) is 3.29. The molecule has 1 aliphatic carbocycles. The van der Waals surface area contributed by atoms with Crippen molar-refractivity contribution in [1.29, 1.82) is 0 Å². The van der Waals surface area contributed by atoms with Crippen LogP contribution in [0.5, 0.6) is 0 Å². The van der Waals surface area contributed by atoms with Crippen LogP contribution < -0.4 is 0 Å². The summed E-state index contributed by atoms with van der Waals surface area (Å²) in [5.74, 6) is 0.0495. The molecule has 7 heteroatoms. The molecule has 122 valence electrons. The van der Waals surface area contributed by atoms with Crippen LogP contribution in [0.25, 0.3) is 0 Å². The Hall–Kier alpha value is -2.54. The molecule has 1 amide bonds. The minimum absolute atomic E-state index is 0.0495. The number of carbonyl (C=O) groups is 1. The van der Waals surface area contributed by atoms with E-state index in [-0.39, 0.29) is 18.5 Å². The first-order valence-corrected chi connectivity index (χ1v) is 8.77. The second-order valence-electron chi connectivity index (χ2n) is 5.94. The SMILES string of the molecule is O=C(Cn1cnnn1)N(Cc1cccs1)C1Cc2ccccc2C1. The molecule has 2 aromatic heterocycles. The van der Waals surface area contributed by atoms with Crippen molar-refractivity contribution in [3.8, 4) is 0 Å². The van der Waals surface area contributed by atoms with Crippen LogP contribution >= 0.6 is 11.3 Å². The Balaban J connectivity index is 1.55. The van der Waals surface area contributed by atoms with Gasteiger partial charge in [0.25, 0.3) is 0 Å². The van der Waals surface area contributed by atoms with Crippen LogP contribution in [0.15, 0.2) is 48.1 Å². The molecule has 0 spiro atoms. The van der Waals surface area contributed by atoms with Crippen LogP contribution in [-0.2, 0) is 30.7 Å². The fraction of sp³-hybridized carbons (Fsp3) is 0.294. The monoisotopic (exact) mass is 339 g/mol. The molecule has 0 radical (unpaired) electrons. The molecular weight excluding hydrogens is 322 g/mol. The number of aromatic nitrogens is 4. The van der Waals surface area contributed by atoms with Gasteiger partial charge in [-0.1, -0.05) is 30.3 Å². The Labute approximate surface area is 143 Å². The van der Waals surface area contributed by atoms with Crippen molar-refractivity contribution in [2.45, 2.75) is 32.0 Å². The molecule has 0 atom stereocenters. The Bertz CT molecular complexity index is 790. The summed E-state index contributed by atoms with van der Waals surface area (Å²) in [6.45, 7) is 0.808. The van der Waals surface area contributed by atoms with E-state index >= 15 is 0 Å². The third kappa shape index (κ3) is 3.07. The number of hydrogen-bond acceptors (Lipinski definition) is 5. The minimum atomic E-state index is 0.0495. The molecule has 4 rings (SSSR count). The summed E-state index contributed by atoms with van der Waals surface area (Å²) in [5, 5.41) is 13.1. The van der Waals surface area contributed by atoms with Crippen molar-refractivity contribution in [2.24, 2.45) is 0 Å². The van der Waals surface area contributed by atoms with E-state index in [0.717, 1.165) is 12.8 Å². The highest BCUT2D eigenvalue weighted by atomic mass is 32.1. The van der Waals surface area contributed by atoms with Crippen LogP contribution in [0, 0.1) is 0 Å². The number of benzene rings is 1. The predicted molar refractivity (Wildman–Crippen MR) is 90.3 cm³/mol. The molecule has 0 saturated heterocycles. The summed E-state index contributed by atoms with van der Waals surface area (Å²) in [6, 6.07) is 12.7. The van der Waals surface area contributed by atoms with Crippen molar-refractivity contribution in [1.82, 2.24) is 25.1 Å². The third-order valence-corrected chi connectivity index (χ3v) is 5.25. The van der Waals surface area contributed by atoms with Crippen LogP contribution in [-0.4, -0.2) is 37.1 Å². The molecule has 0 bridgehead atoms. The smallest absolute Gasteiger partial charge is 0.245 e. The number of tetrazole rings is 1. The normalized spacial score (nSPS) is 13.8. The molecular formula is C17H17N5OS. The van der Waals surface area contributed by atoms with Crippen molar-refractivity contribution in [3.63, 3.8) is 0 Å². The maximum absolute atomic E-state index is 12.9. The molecule has 2 heterocycles. The van der Waals surface area contributed by atoms with E-state index in [2.05, 4.69) is 45.9 Å². The van der Waals surface area contributed by atoms with Gasteiger partial charge < -0.3 is 4.90 Å². The van der Waals surface area contributed by atoms with Gasteiger partial charge in [0.1, 0.15) is 12.9 Å². The summed E-state index contributed by atoms with van der Waals surface area (Å²) in [7, 11) is 0. The molecule has 0 aliphatic heterocycles. The Morgan fingerprint density at radius 3 is 2.62 bits per heavy atom. The van der Waals surface area contributed by atoms with E-state index in [1.807, 2.05) is 16.3 Å². The number of fused-ring (bicyclic) bond motifs is 1. The fourth-order valence-electron chi connectivity index (χ4n) is 3.23. The van der Waals surface area contributed by atoms with Gasteiger partial charge in [0.2, 0.25) is 5.91 Å². The van der Waals surface area contributed by atoms with Gasteiger partial charge in [0, 0.05) is 10.9 Å². The molecule has 3 aromatic rings. The van der Waals surface area contributed by atoms with Crippen molar-refractivity contribution in [2.75, 3.05) is 0 Å². The van der Waals surface area contributed by atoms with E-state index in [1.54, 1.807) is 11.3 Å². The lowest BCUT2D eigenvalue weighted by atomic mass is 10.1. The molecule has 0 unspecified atom stereocenters. The van der Waals surface area contributed by atoms with Crippen LogP contribution in [0.2, 0.25) is 0 Å². The Morgan fingerprint density at radius 1 is 1.21 bits per heavy atom. The zero-order chi connectivity index (χ0) is 16.4. The van der Waals surface area contributed by atoms with E-state index in [9.17, 15) is 4.79 Å². The highest BCUT2D eigenvalue weighted by Crippen LogP contribution is 2.27. The first-order chi connectivity index (χ1) is 11.8. The first kappa shape index (κ1) is 15.0. The minimum Gasteiger partial charge on any atom is -0.332 e. The van der Waals surface area contributed by atoms with Gasteiger partial charge in [-0.15, -0.1) is 16.4 Å². The lowest BCUT2D eigenvalue weighted by Gasteiger charge is -2.28. The summed E-state index contributed by atoms with van der Waals surface area (Å²) < 4.78 is 1.48. The molecule has 0 fully saturated rings. The summed E-state index contributed by atoms with van der Waals surface area (Å²) in [5.41, 5.74) is 2.68. The molecule has 0 N–H and O–H groups in total. The van der Waals surface area contributed by atoms with Gasteiger partial charge in [-0.3, -0.25) is 4.79 Å². The predicted octanol–water partition coefficient (Wildman–Crippen LogP) is 1.93. The van der Waals surface area contributed by atoms with Crippen LogP contribution in [0.1, 0.15) is 16.0 Å². The van der Waals surface area contributed by atoms with Crippen molar-refractivity contribution < 1.29 is 4.79 Å². The van der Waals surface area contributed by atoms with Crippen molar-refractivity contribution >= 4 is 17.2 Å². The van der Waals surface area contributed by atoms with Crippen molar-refractivity contribution in [3.05, 3.63) is 64.1 Å². The number of hydrogen-bond donors (Lipinski definition) is 0. The highest BCUT2D eigenvalue weighted by Gasteiger charge is 2.30. The maximum Gasteiger partial charge on any atom is 0.245 e. The van der Waals surface area contributed by atoms with E-state index in [1.165, 1.54) is 27.0 Å². The zero-order valence-corrected chi connectivity index (χ0v) is 13.9. The molecule has 1 aromatic carbocycles. The van der Waals surface area contributed by atoms with E-state index < -0.39 is 0 Å². The lowest BCUT2D eigenvalue weighted by Crippen LogP contribution is -2.42. The second-order valence-corrected chi connectivity index (χ2v) is 6.97. The number of amides is 1. The van der Waals surface area contributed by atoms with Gasteiger partial charge in [-0.05, 0) is 45.8 Å². The van der Waals surface area contributed by atoms with Crippen LogP contribution in [0.3, 0.4) is 0 Å². The van der Waals surface area contributed by atoms with Gasteiger partial charge in [-0.2, -0.15) is 0 Å².